The van der Waals surface area contributed by atoms with Gasteiger partial charge < -0.3 is 14.2 Å². The van der Waals surface area contributed by atoms with Gasteiger partial charge >= 0.3 is 17.9 Å². The number of unbranched alkanes of at least 4 members (excludes halogenated alkanes) is 25. The van der Waals surface area contributed by atoms with E-state index < -0.39 is 6.10 Å². The molecule has 0 aliphatic rings. The summed E-state index contributed by atoms with van der Waals surface area (Å²) in [6.07, 6.45) is 36.9. The fourth-order valence-corrected chi connectivity index (χ4v) is 6.75. The van der Waals surface area contributed by atoms with Crippen molar-refractivity contribution in [2.24, 2.45) is 11.8 Å². The van der Waals surface area contributed by atoms with Gasteiger partial charge in [0.15, 0.2) is 6.10 Å². The molecule has 0 rings (SSSR count). The number of rotatable bonds is 40. The van der Waals surface area contributed by atoms with Crippen molar-refractivity contribution in [2.75, 3.05) is 13.2 Å². The number of ether oxygens (including phenoxy) is 3. The molecule has 0 aromatic rings. The predicted molar refractivity (Wildman–Crippen MR) is 220 cm³/mol. The Morgan fingerprint density at radius 2 is 0.635 bits per heavy atom. The van der Waals surface area contributed by atoms with E-state index in [1.54, 1.807) is 0 Å². The quantitative estimate of drug-likeness (QED) is 0.0354. The molecule has 52 heavy (non-hydrogen) atoms. The summed E-state index contributed by atoms with van der Waals surface area (Å²) in [6, 6.07) is 0. The highest BCUT2D eigenvalue weighted by Gasteiger charge is 2.19. The van der Waals surface area contributed by atoms with Crippen molar-refractivity contribution < 1.29 is 28.6 Å². The monoisotopic (exact) mass is 737 g/mol. The van der Waals surface area contributed by atoms with Crippen LogP contribution in [0.4, 0.5) is 0 Å². The maximum Gasteiger partial charge on any atom is 0.306 e. The van der Waals surface area contributed by atoms with Crippen LogP contribution in [0, 0.1) is 11.8 Å². The largest absolute Gasteiger partial charge is 0.462 e. The van der Waals surface area contributed by atoms with Crippen LogP contribution in [0.15, 0.2) is 0 Å². The van der Waals surface area contributed by atoms with E-state index >= 15 is 0 Å². The molecule has 0 saturated heterocycles. The lowest BCUT2D eigenvalue weighted by Crippen LogP contribution is -2.30. The fraction of sp³-hybridized carbons (Fsp3) is 0.935. The molecule has 0 unspecified atom stereocenters. The Balaban J connectivity index is 4.11. The first-order valence-corrected chi connectivity index (χ1v) is 22.7. The molecule has 0 aromatic carbocycles. The summed E-state index contributed by atoms with van der Waals surface area (Å²) in [5, 5.41) is 0. The van der Waals surface area contributed by atoms with Crippen molar-refractivity contribution in [1.82, 2.24) is 0 Å². The van der Waals surface area contributed by atoms with E-state index in [0.29, 0.717) is 19.3 Å². The smallest absolute Gasteiger partial charge is 0.306 e. The van der Waals surface area contributed by atoms with Gasteiger partial charge in [-0.3, -0.25) is 14.4 Å². The zero-order valence-electron chi connectivity index (χ0n) is 35.4. The van der Waals surface area contributed by atoms with Crippen LogP contribution in [-0.4, -0.2) is 37.2 Å². The zero-order valence-corrected chi connectivity index (χ0v) is 35.4. The van der Waals surface area contributed by atoms with Gasteiger partial charge in [0.25, 0.3) is 0 Å². The van der Waals surface area contributed by atoms with Crippen LogP contribution in [-0.2, 0) is 28.6 Å². The second-order valence-electron chi connectivity index (χ2n) is 16.6. The second-order valence-corrected chi connectivity index (χ2v) is 16.6. The average Bonchev–Trinajstić information content (AvgIpc) is 3.11. The fourth-order valence-electron chi connectivity index (χ4n) is 6.75. The first-order chi connectivity index (χ1) is 25.2. The van der Waals surface area contributed by atoms with Gasteiger partial charge in [-0.05, 0) is 31.1 Å². The first kappa shape index (κ1) is 50.4. The molecule has 0 radical (unpaired) electrons. The maximum absolute atomic E-state index is 12.5. The highest BCUT2D eigenvalue weighted by atomic mass is 16.6. The minimum atomic E-state index is -0.758. The Bertz CT molecular complexity index is 794. The molecule has 0 aliphatic carbocycles. The highest BCUT2D eigenvalue weighted by Crippen LogP contribution is 2.16. The van der Waals surface area contributed by atoms with Crippen molar-refractivity contribution in [3.05, 3.63) is 0 Å². The number of hydrogen-bond donors (Lipinski definition) is 0. The van der Waals surface area contributed by atoms with Gasteiger partial charge in [0.2, 0.25) is 0 Å². The third-order valence-corrected chi connectivity index (χ3v) is 10.2. The number of carbonyl (C=O) groups excluding carboxylic acids is 3. The molecule has 0 amide bonds. The molecule has 0 aromatic heterocycles. The minimum absolute atomic E-state index is 0.0662. The van der Waals surface area contributed by atoms with Gasteiger partial charge in [-0.15, -0.1) is 0 Å². The van der Waals surface area contributed by atoms with Crippen molar-refractivity contribution in [2.45, 2.75) is 253 Å². The lowest BCUT2D eigenvalue weighted by molar-refractivity contribution is -0.167. The summed E-state index contributed by atoms with van der Waals surface area (Å²) in [6.45, 7) is 11.2. The van der Waals surface area contributed by atoms with Gasteiger partial charge in [-0.25, -0.2) is 0 Å². The third kappa shape index (κ3) is 39.6. The van der Waals surface area contributed by atoms with Crippen LogP contribution in [0.25, 0.3) is 0 Å². The van der Waals surface area contributed by atoms with Gasteiger partial charge in [0, 0.05) is 19.3 Å². The van der Waals surface area contributed by atoms with Crippen LogP contribution < -0.4 is 0 Å². The number of esters is 3. The first-order valence-electron chi connectivity index (χ1n) is 22.7. The summed E-state index contributed by atoms with van der Waals surface area (Å²) in [4.78, 5) is 37.4. The average molecular weight is 737 g/mol. The van der Waals surface area contributed by atoms with E-state index in [4.69, 9.17) is 14.2 Å². The Labute approximate surface area is 323 Å². The zero-order chi connectivity index (χ0) is 38.3. The van der Waals surface area contributed by atoms with E-state index in [0.717, 1.165) is 76.0 Å². The minimum Gasteiger partial charge on any atom is -0.462 e. The lowest BCUT2D eigenvalue weighted by atomic mass is 10.0. The third-order valence-electron chi connectivity index (χ3n) is 10.2. The second kappa shape index (κ2) is 39.1. The molecular weight excluding hydrogens is 649 g/mol. The standard InChI is InChI=1S/C46H88O6/c1-6-7-8-24-33-38-46(49)52-43(40-51-45(48)37-32-28-23-19-15-17-21-26-30-35-42(4)5)39-50-44(47)36-31-27-22-18-14-12-10-9-11-13-16-20-25-29-34-41(2)3/h41-43H,6-40H2,1-5H3/t43-/m1/s1. The maximum atomic E-state index is 12.5. The van der Waals surface area contributed by atoms with E-state index in [2.05, 4.69) is 34.6 Å². The topological polar surface area (TPSA) is 78.9 Å². The molecule has 0 saturated carbocycles. The van der Waals surface area contributed by atoms with Gasteiger partial charge in [-0.1, -0.05) is 208 Å². The number of hydrogen-bond acceptors (Lipinski definition) is 6. The number of carbonyl (C=O) groups is 3. The van der Waals surface area contributed by atoms with Gasteiger partial charge in [0.05, 0.1) is 0 Å². The van der Waals surface area contributed by atoms with Gasteiger partial charge in [-0.2, -0.15) is 0 Å². The molecule has 0 spiro atoms. The van der Waals surface area contributed by atoms with E-state index in [1.807, 2.05) is 0 Å². The van der Waals surface area contributed by atoms with Gasteiger partial charge in [0.1, 0.15) is 13.2 Å². The summed E-state index contributed by atoms with van der Waals surface area (Å²) in [5.74, 6) is 0.781. The molecule has 0 aliphatic heterocycles. The van der Waals surface area contributed by atoms with Crippen molar-refractivity contribution in [1.29, 1.82) is 0 Å². The predicted octanol–water partition coefficient (Wildman–Crippen LogP) is 14.2. The Morgan fingerprint density at radius 1 is 0.365 bits per heavy atom. The van der Waals surface area contributed by atoms with E-state index in [1.165, 1.54) is 128 Å². The molecule has 6 nitrogen and oxygen atoms in total. The van der Waals surface area contributed by atoms with Crippen molar-refractivity contribution in [3.8, 4) is 0 Å². The molecule has 0 heterocycles. The van der Waals surface area contributed by atoms with Crippen molar-refractivity contribution >= 4 is 17.9 Å². The van der Waals surface area contributed by atoms with Crippen LogP contribution in [0.5, 0.6) is 0 Å². The Hall–Kier alpha value is -1.59. The summed E-state index contributed by atoms with van der Waals surface area (Å²) >= 11 is 0. The molecule has 0 N–H and O–H groups in total. The highest BCUT2D eigenvalue weighted by molar-refractivity contribution is 5.71. The molecule has 1 atom stereocenters. The summed E-state index contributed by atoms with van der Waals surface area (Å²) in [7, 11) is 0. The molecule has 0 fully saturated rings. The molecule has 6 heteroatoms. The normalized spacial score (nSPS) is 12.1. The lowest BCUT2D eigenvalue weighted by Gasteiger charge is -2.18. The van der Waals surface area contributed by atoms with Crippen molar-refractivity contribution in [3.63, 3.8) is 0 Å². The van der Waals surface area contributed by atoms with Crippen LogP contribution in [0.1, 0.15) is 247 Å². The van der Waals surface area contributed by atoms with E-state index in [9.17, 15) is 14.4 Å². The van der Waals surface area contributed by atoms with Crippen LogP contribution in [0.3, 0.4) is 0 Å². The Kier molecular flexibility index (Phi) is 37.9. The SMILES string of the molecule is CCCCCCCC(=O)O[C@H](COC(=O)CCCCCCCCCCCCCCCCC(C)C)COC(=O)CCCCCCCCCCCC(C)C. The van der Waals surface area contributed by atoms with E-state index in [-0.39, 0.29) is 31.1 Å². The molecule has 0 bridgehead atoms. The Morgan fingerprint density at radius 3 is 0.942 bits per heavy atom. The van der Waals surface area contributed by atoms with Crippen LogP contribution >= 0.6 is 0 Å². The summed E-state index contributed by atoms with van der Waals surface area (Å²) in [5.41, 5.74) is 0. The molecular formula is C46H88O6. The molecule has 308 valence electrons. The van der Waals surface area contributed by atoms with Crippen LogP contribution in [0.2, 0.25) is 0 Å². The summed E-state index contributed by atoms with van der Waals surface area (Å²) < 4.78 is 16.6.